The Hall–Kier alpha value is -2.11. The molecular weight excluding hydrogens is 302 g/mol. The van der Waals surface area contributed by atoms with Gasteiger partial charge >= 0.3 is 0 Å². The Labute approximate surface area is 130 Å². The predicted octanol–water partition coefficient (Wildman–Crippen LogP) is 4.32. The standard InChI is InChI=1S/C16H13NO2S2/c18-15(6-5-13-3-1-8-19-13)17-16(12-7-10-20-11-12)14-4-2-9-21-14/h1-11,16H,(H,17,18). The smallest absolute Gasteiger partial charge is 0.244 e. The molecule has 3 nitrogen and oxygen atoms in total. The first-order chi connectivity index (χ1) is 10.3. The highest BCUT2D eigenvalue weighted by atomic mass is 32.1. The molecule has 0 spiro atoms. The summed E-state index contributed by atoms with van der Waals surface area (Å²) in [7, 11) is 0. The summed E-state index contributed by atoms with van der Waals surface area (Å²) in [5.74, 6) is 0.518. The van der Waals surface area contributed by atoms with Crippen molar-refractivity contribution in [2.24, 2.45) is 0 Å². The summed E-state index contributed by atoms with van der Waals surface area (Å²) in [6.45, 7) is 0. The Morgan fingerprint density at radius 2 is 2.19 bits per heavy atom. The van der Waals surface area contributed by atoms with Crippen LogP contribution in [0.2, 0.25) is 0 Å². The van der Waals surface area contributed by atoms with Crippen LogP contribution >= 0.6 is 22.7 Å². The second kappa shape index (κ2) is 6.56. The molecule has 5 heteroatoms. The van der Waals surface area contributed by atoms with Crippen LogP contribution in [0.25, 0.3) is 6.08 Å². The van der Waals surface area contributed by atoms with Crippen molar-refractivity contribution in [3.05, 3.63) is 75.0 Å². The summed E-state index contributed by atoms with van der Waals surface area (Å²) in [4.78, 5) is 13.2. The first-order valence-electron chi connectivity index (χ1n) is 6.40. The molecule has 0 aliphatic heterocycles. The van der Waals surface area contributed by atoms with Crippen LogP contribution in [0, 0.1) is 0 Å². The minimum Gasteiger partial charge on any atom is -0.465 e. The topological polar surface area (TPSA) is 42.2 Å². The van der Waals surface area contributed by atoms with Crippen molar-refractivity contribution >= 4 is 34.7 Å². The number of hydrogen-bond acceptors (Lipinski definition) is 4. The summed E-state index contributed by atoms with van der Waals surface area (Å²) < 4.78 is 5.17. The lowest BCUT2D eigenvalue weighted by atomic mass is 10.1. The highest BCUT2D eigenvalue weighted by molar-refractivity contribution is 7.10. The molecule has 1 amide bonds. The fraction of sp³-hybridized carbons (Fsp3) is 0.0625. The molecule has 0 bridgehead atoms. The van der Waals surface area contributed by atoms with Gasteiger partial charge in [-0.3, -0.25) is 4.79 Å². The number of rotatable bonds is 5. The molecule has 3 aromatic heterocycles. The van der Waals surface area contributed by atoms with Crippen molar-refractivity contribution in [3.8, 4) is 0 Å². The van der Waals surface area contributed by atoms with Crippen LogP contribution in [-0.2, 0) is 4.79 Å². The first-order valence-corrected chi connectivity index (χ1v) is 8.23. The molecule has 3 aromatic rings. The Balaban J connectivity index is 1.74. The van der Waals surface area contributed by atoms with Crippen molar-refractivity contribution in [1.29, 1.82) is 0 Å². The first kappa shape index (κ1) is 13.9. The molecular formula is C16H13NO2S2. The van der Waals surface area contributed by atoms with Gasteiger partial charge in [0.25, 0.3) is 0 Å². The lowest BCUT2D eigenvalue weighted by Gasteiger charge is -2.15. The van der Waals surface area contributed by atoms with Gasteiger partial charge in [-0.15, -0.1) is 11.3 Å². The summed E-state index contributed by atoms with van der Waals surface area (Å²) in [5.41, 5.74) is 1.10. The minimum absolute atomic E-state index is 0.106. The van der Waals surface area contributed by atoms with Gasteiger partial charge in [-0.1, -0.05) is 6.07 Å². The number of amides is 1. The van der Waals surface area contributed by atoms with Crippen LogP contribution in [0.15, 0.2) is 63.2 Å². The van der Waals surface area contributed by atoms with E-state index in [-0.39, 0.29) is 11.9 Å². The van der Waals surface area contributed by atoms with Gasteiger partial charge in [0.2, 0.25) is 5.91 Å². The fourth-order valence-electron chi connectivity index (χ4n) is 1.95. The third-order valence-corrected chi connectivity index (χ3v) is 4.57. The van der Waals surface area contributed by atoms with Gasteiger partial charge in [-0.25, -0.2) is 0 Å². The number of carbonyl (C=O) groups excluding carboxylic acids is 1. The van der Waals surface area contributed by atoms with Crippen molar-refractivity contribution in [2.75, 3.05) is 0 Å². The zero-order chi connectivity index (χ0) is 14.5. The largest absolute Gasteiger partial charge is 0.465 e. The molecule has 1 N–H and O–H groups in total. The van der Waals surface area contributed by atoms with Crippen LogP contribution in [0.1, 0.15) is 22.2 Å². The van der Waals surface area contributed by atoms with Gasteiger partial charge in [-0.2, -0.15) is 11.3 Å². The van der Waals surface area contributed by atoms with Gasteiger partial charge in [0.1, 0.15) is 5.76 Å². The number of carbonyl (C=O) groups is 1. The SMILES string of the molecule is O=C(C=Cc1ccco1)NC(c1ccsc1)c1cccs1. The quantitative estimate of drug-likeness (QED) is 0.712. The fourth-order valence-corrected chi connectivity index (χ4v) is 3.44. The van der Waals surface area contributed by atoms with Crippen molar-refractivity contribution in [3.63, 3.8) is 0 Å². The average Bonchev–Trinajstić information content (AvgIpc) is 3.26. The minimum atomic E-state index is -0.143. The van der Waals surface area contributed by atoms with Crippen molar-refractivity contribution in [1.82, 2.24) is 5.32 Å². The van der Waals surface area contributed by atoms with E-state index in [0.717, 1.165) is 10.4 Å². The summed E-state index contributed by atoms with van der Waals surface area (Å²) in [6, 6.07) is 9.54. The van der Waals surface area contributed by atoms with Crippen LogP contribution in [0.4, 0.5) is 0 Å². The van der Waals surface area contributed by atoms with Gasteiger partial charge in [0.15, 0.2) is 0 Å². The summed E-state index contributed by atoms with van der Waals surface area (Å²) in [6.07, 6.45) is 4.73. The maximum absolute atomic E-state index is 12.1. The van der Waals surface area contributed by atoms with Gasteiger partial charge in [0, 0.05) is 11.0 Å². The molecule has 3 heterocycles. The lowest BCUT2D eigenvalue weighted by molar-refractivity contribution is -0.116. The molecule has 0 aliphatic carbocycles. The van der Waals surface area contributed by atoms with Crippen molar-refractivity contribution in [2.45, 2.75) is 6.04 Å². The van der Waals surface area contributed by atoms with E-state index in [9.17, 15) is 4.79 Å². The number of hydrogen-bond donors (Lipinski definition) is 1. The maximum atomic E-state index is 12.1. The molecule has 0 fully saturated rings. The lowest BCUT2D eigenvalue weighted by Crippen LogP contribution is -2.26. The van der Waals surface area contributed by atoms with Crippen LogP contribution in [0.3, 0.4) is 0 Å². The second-order valence-electron chi connectivity index (χ2n) is 4.36. The molecule has 0 radical (unpaired) electrons. The van der Waals surface area contributed by atoms with E-state index < -0.39 is 0 Å². The highest BCUT2D eigenvalue weighted by Crippen LogP contribution is 2.27. The second-order valence-corrected chi connectivity index (χ2v) is 6.12. The molecule has 0 saturated heterocycles. The molecule has 1 unspecified atom stereocenters. The third kappa shape index (κ3) is 3.51. The van der Waals surface area contributed by atoms with Gasteiger partial charge < -0.3 is 9.73 Å². The van der Waals surface area contributed by atoms with E-state index in [2.05, 4.69) is 10.7 Å². The Morgan fingerprint density at radius 1 is 1.24 bits per heavy atom. The van der Waals surface area contributed by atoms with E-state index in [0.29, 0.717) is 5.76 Å². The monoisotopic (exact) mass is 315 g/mol. The molecule has 0 saturated carbocycles. The zero-order valence-electron chi connectivity index (χ0n) is 11.1. The third-order valence-electron chi connectivity index (χ3n) is 2.93. The van der Waals surface area contributed by atoms with E-state index in [1.807, 2.05) is 29.0 Å². The highest BCUT2D eigenvalue weighted by Gasteiger charge is 2.17. The zero-order valence-corrected chi connectivity index (χ0v) is 12.7. The molecule has 1 atom stereocenters. The Morgan fingerprint density at radius 3 is 2.86 bits per heavy atom. The normalized spacial score (nSPS) is 12.6. The number of thiophene rings is 2. The van der Waals surface area contributed by atoms with Crippen LogP contribution < -0.4 is 5.32 Å². The molecule has 3 rings (SSSR count). The molecule has 21 heavy (non-hydrogen) atoms. The maximum Gasteiger partial charge on any atom is 0.244 e. The van der Waals surface area contributed by atoms with E-state index in [4.69, 9.17) is 4.42 Å². The summed E-state index contributed by atoms with van der Waals surface area (Å²) >= 11 is 3.26. The van der Waals surface area contributed by atoms with Crippen LogP contribution in [0.5, 0.6) is 0 Å². The molecule has 0 aromatic carbocycles. The number of nitrogens with one attached hydrogen (secondary N) is 1. The average molecular weight is 315 g/mol. The van der Waals surface area contributed by atoms with E-state index >= 15 is 0 Å². The Bertz CT molecular complexity index is 663. The Kier molecular flexibility index (Phi) is 4.33. The van der Waals surface area contributed by atoms with Gasteiger partial charge in [0.05, 0.1) is 12.3 Å². The predicted molar refractivity (Wildman–Crippen MR) is 86.4 cm³/mol. The van der Waals surface area contributed by atoms with Crippen molar-refractivity contribution < 1.29 is 9.21 Å². The molecule has 0 aliphatic rings. The van der Waals surface area contributed by atoms with Crippen LogP contribution in [-0.4, -0.2) is 5.91 Å². The van der Waals surface area contributed by atoms with E-state index in [1.54, 1.807) is 47.1 Å². The van der Waals surface area contributed by atoms with Gasteiger partial charge in [-0.05, 0) is 52.0 Å². The molecule has 106 valence electrons. The number of furan rings is 1. The summed E-state index contributed by atoms with van der Waals surface area (Å²) in [5, 5.41) is 9.12. The van der Waals surface area contributed by atoms with E-state index in [1.165, 1.54) is 6.08 Å².